The van der Waals surface area contributed by atoms with E-state index < -0.39 is 0 Å². The molecule has 1 rings (SSSR count). The van der Waals surface area contributed by atoms with E-state index in [9.17, 15) is 0 Å². The quantitative estimate of drug-likeness (QED) is 0.527. The zero-order valence-corrected chi connectivity index (χ0v) is 8.79. The third kappa shape index (κ3) is 7.54. The highest BCUT2D eigenvalue weighted by Gasteiger charge is 1.94. The Kier molecular flexibility index (Phi) is 7.32. The third-order valence-electron chi connectivity index (χ3n) is 1.49. The van der Waals surface area contributed by atoms with Crippen molar-refractivity contribution in [3.8, 4) is 0 Å². The monoisotopic (exact) mass is 198 g/mol. The molecule has 1 aromatic rings. The van der Waals surface area contributed by atoms with Gasteiger partial charge in [-0.1, -0.05) is 44.2 Å². The minimum absolute atomic E-state index is 0.222. The van der Waals surface area contributed by atoms with Gasteiger partial charge in [-0.05, 0) is 29.5 Å². The molecule has 2 heteroatoms. The topological polar surface area (TPSA) is 17.1 Å². The van der Waals surface area contributed by atoms with Crippen molar-refractivity contribution in [2.75, 3.05) is 0 Å². The maximum Gasteiger partial charge on any atom is 0.208 e. The molecule has 1 nitrogen and oxygen atoms in total. The van der Waals surface area contributed by atoms with Gasteiger partial charge in [0.25, 0.3) is 0 Å². The van der Waals surface area contributed by atoms with E-state index in [1.807, 2.05) is 0 Å². The SMILES string of the molecule is CC(C)Cc1ccccc1.O=CCl. The largest absolute Gasteiger partial charge is 0.285 e. The van der Waals surface area contributed by atoms with Gasteiger partial charge in [0, 0.05) is 0 Å². The Hall–Kier alpha value is -0.820. The molecule has 0 aliphatic carbocycles. The van der Waals surface area contributed by atoms with Crippen LogP contribution in [0.4, 0.5) is 0 Å². The maximum atomic E-state index is 8.57. The average Bonchev–Trinajstić information content (AvgIpc) is 2.06. The summed E-state index contributed by atoms with van der Waals surface area (Å²) in [6.45, 7) is 4.49. The lowest BCUT2D eigenvalue weighted by molar-refractivity contribution is 0.569. The van der Waals surface area contributed by atoms with Crippen LogP contribution in [0.2, 0.25) is 0 Å². The molecule has 0 aliphatic heterocycles. The third-order valence-corrected chi connectivity index (χ3v) is 1.49. The lowest BCUT2D eigenvalue weighted by Gasteiger charge is -2.02. The Morgan fingerprint density at radius 3 is 2.15 bits per heavy atom. The van der Waals surface area contributed by atoms with Crippen LogP contribution in [0.1, 0.15) is 19.4 Å². The first-order chi connectivity index (χ1) is 6.20. The van der Waals surface area contributed by atoms with Crippen molar-refractivity contribution in [2.45, 2.75) is 20.3 Å². The van der Waals surface area contributed by atoms with Crippen LogP contribution in [0.3, 0.4) is 0 Å². The van der Waals surface area contributed by atoms with Gasteiger partial charge in [0.05, 0.1) is 0 Å². The summed E-state index contributed by atoms with van der Waals surface area (Å²) in [6, 6.07) is 10.6. The first-order valence-corrected chi connectivity index (χ1v) is 4.72. The van der Waals surface area contributed by atoms with Gasteiger partial charge in [0.15, 0.2) is 0 Å². The molecule has 0 aromatic heterocycles. The second-order valence-corrected chi connectivity index (χ2v) is 3.35. The van der Waals surface area contributed by atoms with Crippen LogP contribution >= 0.6 is 11.6 Å². The van der Waals surface area contributed by atoms with Crippen LogP contribution in [0.15, 0.2) is 30.3 Å². The van der Waals surface area contributed by atoms with Crippen molar-refractivity contribution < 1.29 is 4.79 Å². The van der Waals surface area contributed by atoms with Gasteiger partial charge >= 0.3 is 0 Å². The average molecular weight is 199 g/mol. The first-order valence-electron chi connectivity index (χ1n) is 4.28. The first kappa shape index (κ1) is 12.2. The van der Waals surface area contributed by atoms with E-state index in [4.69, 9.17) is 4.79 Å². The molecule has 0 bridgehead atoms. The number of halogens is 1. The van der Waals surface area contributed by atoms with Gasteiger partial charge in [-0.25, -0.2) is 0 Å². The lowest BCUT2D eigenvalue weighted by atomic mass is 10.0. The van der Waals surface area contributed by atoms with Gasteiger partial charge in [0.1, 0.15) is 0 Å². The number of carbonyl (C=O) groups excluding carboxylic acids is 1. The summed E-state index contributed by atoms with van der Waals surface area (Å²) in [6.07, 6.45) is 1.20. The summed E-state index contributed by atoms with van der Waals surface area (Å²) in [5.41, 5.74) is 1.44. The van der Waals surface area contributed by atoms with Crippen molar-refractivity contribution in [3.63, 3.8) is 0 Å². The minimum Gasteiger partial charge on any atom is -0.285 e. The number of hydrogen-bond acceptors (Lipinski definition) is 1. The Morgan fingerprint density at radius 1 is 1.31 bits per heavy atom. The Bertz CT molecular complexity index is 219. The van der Waals surface area contributed by atoms with Crippen LogP contribution in [0.25, 0.3) is 0 Å². The number of benzene rings is 1. The molecule has 0 heterocycles. The normalized spacial score (nSPS) is 8.92. The summed E-state index contributed by atoms with van der Waals surface area (Å²) in [7, 11) is 0. The highest BCUT2D eigenvalue weighted by atomic mass is 35.5. The fourth-order valence-electron chi connectivity index (χ4n) is 1.09. The Balaban J connectivity index is 0.000000424. The zero-order chi connectivity index (χ0) is 10.1. The van der Waals surface area contributed by atoms with E-state index in [2.05, 4.69) is 55.8 Å². The Morgan fingerprint density at radius 2 is 1.77 bits per heavy atom. The fraction of sp³-hybridized carbons (Fsp3) is 0.364. The predicted molar refractivity (Wildman–Crippen MR) is 57.6 cm³/mol. The number of rotatable bonds is 2. The molecular weight excluding hydrogens is 184 g/mol. The standard InChI is InChI=1S/C10H14.CHClO/c1-9(2)8-10-6-4-3-5-7-10;2-1-3/h3-7,9H,8H2,1-2H3;1H. The minimum atomic E-state index is 0.222. The Labute approximate surface area is 84.7 Å². The predicted octanol–water partition coefficient (Wildman–Crippen LogP) is 3.30. The number of carbonyl (C=O) groups is 1. The van der Waals surface area contributed by atoms with E-state index in [-0.39, 0.29) is 5.75 Å². The molecule has 0 fully saturated rings. The van der Waals surface area contributed by atoms with E-state index in [1.165, 1.54) is 12.0 Å². The molecule has 13 heavy (non-hydrogen) atoms. The van der Waals surface area contributed by atoms with Crippen molar-refractivity contribution in [3.05, 3.63) is 35.9 Å². The van der Waals surface area contributed by atoms with Crippen LogP contribution < -0.4 is 0 Å². The van der Waals surface area contributed by atoms with E-state index >= 15 is 0 Å². The molecular formula is C11H15ClO. The summed E-state index contributed by atoms with van der Waals surface area (Å²) in [4.78, 5) is 8.57. The fourth-order valence-corrected chi connectivity index (χ4v) is 1.09. The second kappa shape index (κ2) is 7.81. The van der Waals surface area contributed by atoms with E-state index in [1.54, 1.807) is 0 Å². The van der Waals surface area contributed by atoms with Crippen LogP contribution in [-0.4, -0.2) is 5.75 Å². The summed E-state index contributed by atoms with van der Waals surface area (Å²) >= 11 is 4.32. The lowest BCUT2D eigenvalue weighted by Crippen LogP contribution is -1.92. The van der Waals surface area contributed by atoms with Crippen molar-refractivity contribution in [1.82, 2.24) is 0 Å². The smallest absolute Gasteiger partial charge is 0.208 e. The summed E-state index contributed by atoms with van der Waals surface area (Å²) < 4.78 is 0. The second-order valence-electron chi connectivity index (χ2n) is 3.17. The van der Waals surface area contributed by atoms with E-state index in [0.29, 0.717) is 0 Å². The molecule has 0 radical (unpaired) electrons. The van der Waals surface area contributed by atoms with Crippen LogP contribution in [0.5, 0.6) is 0 Å². The molecule has 0 saturated carbocycles. The molecule has 0 atom stereocenters. The van der Waals surface area contributed by atoms with Gasteiger partial charge in [-0.15, -0.1) is 0 Å². The molecule has 0 N–H and O–H groups in total. The summed E-state index contributed by atoms with van der Waals surface area (Å²) in [5, 5.41) is 0. The van der Waals surface area contributed by atoms with Gasteiger partial charge in [0.2, 0.25) is 5.75 Å². The molecule has 0 amide bonds. The maximum absolute atomic E-state index is 8.57. The molecule has 1 aromatic carbocycles. The van der Waals surface area contributed by atoms with Crippen molar-refractivity contribution in [1.29, 1.82) is 0 Å². The highest BCUT2D eigenvalue weighted by Crippen LogP contribution is 2.05. The van der Waals surface area contributed by atoms with Gasteiger partial charge in [-0.3, -0.25) is 4.79 Å². The summed E-state index contributed by atoms with van der Waals surface area (Å²) in [5.74, 6) is 0.988. The molecule has 0 spiro atoms. The van der Waals surface area contributed by atoms with Crippen molar-refractivity contribution >= 4 is 17.3 Å². The zero-order valence-electron chi connectivity index (χ0n) is 8.03. The van der Waals surface area contributed by atoms with Crippen LogP contribution in [-0.2, 0) is 11.2 Å². The molecule has 0 saturated heterocycles. The highest BCUT2D eigenvalue weighted by molar-refractivity contribution is 6.54. The molecule has 72 valence electrons. The molecule has 0 aliphatic rings. The van der Waals surface area contributed by atoms with Gasteiger partial charge in [-0.2, -0.15) is 0 Å². The number of hydrogen-bond donors (Lipinski definition) is 0. The van der Waals surface area contributed by atoms with Crippen LogP contribution in [0, 0.1) is 5.92 Å². The van der Waals surface area contributed by atoms with E-state index in [0.717, 1.165) is 5.92 Å². The van der Waals surface area contributed by atoms with Gasteiger partial charge < -0.3 is 0 Å². The van der Waals surface area contributed by atoms with Crippen molar-refractivity contribution in [2.24, 2.45) is 5.92 Å². The molecule has 0 unspecified atom stereocenters.